The number of carbonyl (C=O) groups is 2. The second kappa shape index (κ2) is 14.1. The largest absolute Gasteiger partial charge is 0.465 e. The van der Waals surface area contributed by atoms with E-state index in [1.54, 1.807) is 0 Å². The maximum absolute atomic E-state index is 12.6. The fraction of sp³-hybridized carbons (Fsp3) is 0.909. The third kappa shape index (κ3) is 8.55. The third-order valence-corrected chi connectivity index (χ3v) is 5.62. The van der Waals surface area contributed by atoms with Crippen LogP contribution < -0.4 is 0 Å². The number of esters is 2. The first-order valence-electron chi connectivity index (χ1n) is 11.0. The molecule has 0 radical (unpaired) electrons. The maximum atomic E-state index is 12.6. The first kappa shape index (κ1) is 23.0. The quantitative estimate of drug-likeness (QED) is 0.310. The van der Waals surface area contributed by atoms with Crippen molar-refractivity contribution in [1.82, 2.24) is 0 Å². The molecule has 0 amide bonds. The normalized spacial score (nSPS) is 21.2. The Morgan fingerprint density at radius 2 is 1.46 bits per heavy atom. The molecule has 4 nitrogen and oxygen atoms in total. The van der Waals surface area contributed by atoms with Crippen LogP contribution in [0.2, 0.25) is 0 Å². The molecule has 1 fully saturated rings. The Labute approximate surface area is 160 Å². The number of carbonyl (C=O) groups excluding carboxylic acids is 2. The minimum Gasteiger partial charge on any atom is -0.465 e. The fourth-order valence-corrected chi connectivity index (χ4v) is 3.71. The van der Waals surface area contributed by atoms with E-state index in [-0.39, 0.29) is 23.8 Å². The van der Waals surface area contributed by atoms with Gasteiger partial charge in [0.15, 0.2) is 0 Å². The average Bonchev–Trinajstić information content (AvgIpc) is 2.67. The molecule has 0 spiro atoms. The first-order chi connectivity index (χ1) is 12.6. The van der Waals surface area contributed by atoms with Gasteiger partial charge in [-0.3, -0.25) is 9.59 Å². The van der Waals surface area contributed by atoms with Gasteiger partial charge < -0.3 is 9.47 Å². The summed E-state index contributed by atoms with van der Waals surface area (Å²) in [6, 6.07) is 0. The molecule has 0 aromatic carbocycles. The summed E-state index contributed by atoms with van der Waals surface area (Å²) in [5.41, 5.74) is 0. The molecule has 0 aromatic rings. The van der Waals surface area contributed by atoms with Gasteiger partial charge in [0, 0.05) is 0 Å². The van der Waals surface area contributed by atoms with E-state index < -0.39 is 0 Å². The van der Waals surface area contributed by atoms with Gasteiger partial charge in [-0.05, 0) is 31.6 Å². The molecule has 26 heavy (non-hydrogen) atoms. The van der Waals surface area contributed by atoms with E-state index in [9.17, 15) is 9.59 Å². The Kier molecular flexibility index (Phi) is 12.4. The molecule has 1 aliphatic carbocycles. The predicted octanol–water partition coefficient (Wildman–Crippen LogP) is 5.68. The smallest absolute Gasteiger partial charge is 0.309 e. The summed E-state index contributed by atoms with van der Waals surface area (Å²) < 4.78 is 11.1. The molecule has 4 heteroatoms. The van der Waals surface area contributed by atoms with Crippen LogP contribution in [-0.4, -0.2) is 25.2 Å². The summed E-state index contributed by atoms with van der Waals surface area (Å²) in [7, 11) is 0. The highest BCUT2D eigenvalue weighted by molar-refractivity contribution is 5.82. The lowest BCUT2D eigenvalue weighted by Gasteiger charge is -2.28. The number of hydrogen-bond donors (Lipinski definition) is 0. The van der Waals surface area contributed by atoms with Crippen LogP contribution in [-0.2, 0) is 19.1 Å². The van der Waals surface area contributed by atoms with Gasteiger partial charge >= 0.3 is 11.9 Å². The lowest BCUT2D eigenvalue weighted by atomic mass is 9.79. The van der Waals surface area contributed by atoms with Gasteiger partial charge in [0.25, 0.3) is 0 Å². The van der Waals surface area contributed by atoms with Crippen LogP contribution >= 0.6 is 0 Å². The van der Waals surface area contributed by atoms with Crippen molar-refractivity contribution in [3.05, 3.63) is 0 Å². The summed E-state index contributed by atoms with van der Waals surface area (Å²) in [5.74, 6) is -0.561. The molecule has 3 unspecified atom stereocenters. The standard InChI is InChI=1S/C22H40O4/c1-4-7-9-12-16-25-21(23)19-14-10-11-15-20(19)22(24)26-17-18(6-3)13-8-5-2/h18-20H,4-17H2,1-3H3. The van der Waals surface area contributed by atoms with Crippen molar-refractivity contribution in [1.29, 1.82) is 0 Å². The summed E-state index contributed by atoms with van der Waals surface area (Å²) >= 11 is 0. The molecule has 3 atom stereocenters. The van der Waals surface area contributed by atoms with Crippen molar-refractivity contribution < 1.29 is 19.1 Å². The zero-order chi connectivity index (χ0) is 19.2. The van der Waals surface area contributed by atoms with E-state index in [2.05, 4.69) is 20.8 Å². The molecule has 0 saturated heterocycles. The van der Waals surface area contributed by atoms with Gasteiger partial charge in [-0.15, -0.1) is 0 Å². The average molecular weight is 369 g/mol. The molecule has 0 aliphatic heterocycles. The van der Waals surface area contributed by atoms with Crippen LogP contribution in [0.3, 0.4) is 0 Å². The molecule has 1 rings (SSSR count). The molecular weight excluding hydrogens is 328 g/mol. The molecule has 0 heterocycles. The van der Waals surface area contributed by atoms with Crippen LogP contribution in [0.4, 0.5) is 0 Å². The van der Waals surface area contributed by atoms with Crippen molar-refractivity contribution in [3.63, 3.8) is 0 Å². The van der Waals surface area contributed by atoms with Gasteiger partial charge in [-0.1, -0.05) is 72.1 Å². The van der Waals surface area contributed by atoms with Gasteiger partial charge in [0.05, 0.1) is 25.0 Å². The second-order valence-electron chi connectivity index (χ2n) is 7.77. The van der Waals surface area contributed by atoms with Gasteiger partial charge in [-0.25, -0.2) is 0 Å². The van der Waals surface area contributed by atoms with Crippen LogP contribution in [0.15, 0.2) is 0 Å². The number of hydrogen-bond acceptors (Lipinski definition) is 4. The Bertz CT molecular complexity index is 394. The minimum absolute atomic E-state index is 0.187. The van der Waals surface area contributed by atoms with Gasteiger partial charge in [-0.2, -0.15) is 0 Å². The van der Waals surface area contributed by atoms with Crippen molar-refractivity contribution in [2.75, 3.05) is 13.2 Å². The summed E-state index contributed by atoms with van der Waals surface area (Å²) in [4.78, 5) is 25.0. The van der Waals surface area contributed by atoms with Crippen LogP contribution in [0, 0.1) is 17.8 Å². The first-order valence-corrected chi connectivity index (χ1v) is 11.0. The van der Waals surface area contributed by atoms with Crippen LogP contribution in [0.1, 0.15) is 97.8 Å². The lowest BCUT2D eigenvalue weighted by Crippen LogP contribution is -2.35. The van der Waals surface area contributed by atoms with E-state index in [4.69, 9.17) is 9.47 Å². The molecule has 0 N–H and O–H groups in total. The highest BCUT2D eigenvalue weighted by Crippen LogP contribution is 2.32. The van der Waals surface area contributed by atoms with Crippen molar-refractivity contribution in [3.8, 4) is 0 Å². The van der Waals surface area contributed by atoms with Gasteiger partial charge in [0.2, 0.25) is 0 Å². The van der Waals surface area contributed by atoms with E-state index in [0.29, 0.717) is 19.1 Å². The SMILES string of the molecule is CCCCCCOC(=O)C1CCCCC1C(=O)OCC(CC)CCCC. The Morgan fingerprint density at radius 1 is 0.846 bits per heavy atom. The monoisotopic (exact) mass is 368 g/mol. The Balaban J connectivity index is 2.45. The predicted molar refractivity (Wildman–Crippen MR) is 105 cm³/mol. The van der Waals surface area contributed by atoms with Crippen molar-refractivity contribution in [2.24, 2.45) is 17.8 Å². The van der Waals surface area contributed by atoms with E-state index in [1.807, 2.05) is 0 Å². The minimum atomic E-state index is -0.310. The van der Waals surface area contributed by atoms with Crippen LogP contribution in [0.5, 0.6) is 0 Å². The van der Waals surface area contributed by atoms with E-state index >= 15 is 0 Å². The number of rotatable bonds is 13. The third-order valence-electron chi connectivity index (χ3n) is 5.62. The molecule has 0 bridgehead atoms. The Morgan fingerprint density at radius 3 is 2.04 bits per heavy atom. The van der Waals surface area contributed by atoms with E-state index in [0.717, 1.165) is 51.4 Å². The Hall–Kier alpha value is -1.06. The highest BCUT2D eigenvalue weighted by atomic mass is 16.5. The molecular formula is C22H40O4. The summed E-state index contributed by atoms with van der Waals surface area (Å²) in [5, 5.41) is 0. The van der Waals surface area contributed by atoms with Crippen molar-refractivity contribution in [2.45, 2.75) is 97.8 Å². The van der Waals surface area contributed by atoms with Crippen molar-refractivity contribution >= 4 is 11.9 Å². The highest BCUT2D eigenvalue weighted by Gasteiger charge is 2.38. The van der Waals surface area contributed by atoms with Gasteiger partial charge in [0.1, 0.15) is 0 Å². The molecule has 1 saturated carbocycles. The van der Waals surface area contributed by atoms with Crippen LogP contribution in [0.25, 0.3) is 0 Å². The topological polar surface area (TPSA) is 52.6 Å². The van der Waals surface area contributed by atoms with E-state index in [1.165, 1.54) is 25.7 Å². The summed E-state index contributed by atoms with van der Waals surface area (Å²) in [6.07, 6.45) is 12.3. The molecule has 1 aliphatic rings. The second-order valence-corrected chi connectivity index (χ2v) is 7.77. The summed E-state index contributed by atoms with van der Waals surface area (Å²) in [6.45, 7) is 7.46. The molecule has 152 valence electrons. The molecule has 0 aromatic heterocycles. The zero-order valence-electron chi connectivity index (χ0n) is 17.3. The fourth-order valence-electron chi connectivity index (χ4n) is 3.71. The number of unbranched alkanes of at least 4 members (excludes halogenated alkanes) is 4. The number of ether oxygens (including phenoxy) is 2. The maximum Gasteiger partial charge on any atom is 0.309 e. The zero-order valence-corrected chi connectivity index (χ0v) is 17.3. The lowest BCUT2D eigenvalue weighted by molar-refractivity contribution is -0.163.